The zero-order chi connectivity index (χ0) is 18.3. The third kappa shape index (κ3) is 6.34. The van der Waals surface area contributed by atoms with Crippen LogP contribution in [0, 0.1) is 0 Å². The second-order valence-electron chi connectivity index (χ2n) is 6.86. The SMILES string of the molecule is CCc1ccc(N(CCC(=O)NC2CCCCCC2)S(C)(=O)=O)cc1. The Kier molecular flexibility index (Phi) is 7.29. The van der Waals surface area contributed by atoms with E-state index >= 15 is 0 Å². The summed E-state index contributed by atoms with van der Waals surface area (Å²) in [5.41, 5.74) is 1.77. The van der Waals surface area contributed by atoms with Crippen LogP contribution in [-0.2, 0) is 21.2 Å². The van der Waals surface area contributed by atoms with E-state index in [-0.39, 0.29) is 24.9 Å². The molecule has 1 aromatic rings. The Hall–Kier alpha value is -1.56. The average Bonchev–Trinajstić information content (AvgIpc) is 2.83. The van der Waals surface area contributed by atoms with Crippen LogP contribution in [0.1, 0.15) is 57.4 Å². The highest BCUT2D eigenvalue weighted by Gasteiger charge is 2.20. The predicted molar refractivity (Wildman–Crippen MR) is 102 cm³/mol. The van der Waals surface area contributed by atoms with E-state index in [0.717, 1.165) is 37.7 Å². The van der Waals surface area contributed by atoms with E-state index in [0.29, 0.717) is 5.69 Å². The van der Waals surface area contributed by atoms with Crippen LogP contribution >= 0.6 is 0 Å². The van der Waals surface area contributed by atoms with E-state index in [1.165, 1.54) is 23.4 Å². The van der Waals surface area contributed by atoms with Crippen LogP contribution in [0.25, 0.3) is 0 Å². The summed E-state index contributed by atoms with van der Waals surface area (Å²) in [6.07, 6.45) is 9.12. The molecule has 140 valence electrons. The third-order valence-corrected chi connectivity index (χ3v) is 5.99. The summed E-state index contributed by atoms with van der Waals surface area (Å²) in [4.78, 5) is 12.3. The molecule has 1 aromatic carbocycles. The van der Waals surface area contributed by atoms with Crippen molar-refractivity contribution in [3.05, 3.63) is 29.8 Å². The minimum absolute atomic E-state index is 0.0641. The number of carbonyl (C=O) groups excluding carboxylic acids is 1. The molecule has 0 atom stereocenters. The summed E-state index contributed by atoms with van der Waals surface area (Å²) in [6, 6.07) is 7.72. The Morgan fingerprint density at radius 1 is 1.12 bits per heavy atom. The quantitative estimate of drug-likeness (QED) is 0.753. The van der Waals surface area contributed by atoms with Gasteiger partial charge in [0.2, 0.25) is 15.9 Å². The van der Waals surface area contributed by atoms with Crippen molar-refractivity contribution in [2.45, 2.75) is 64.3 Å². The lowest BCUT2D eigenvalue weighted by Crippen LogP contribution is -2.38. The van der Waals surface area contributed by atoms with Crippen LogP contribution in [-0.4, -0.2) is 33.2 Å². The molecule has 5 nitrogen and oxygen atoms in total. The second-order valence-corrected chi connectivity index (χ2v) is 8.77. The summed E-state index contributed by atoms with van der Waals surface area (Å²) in [6.45, 7) is 2.23. The van der Waals surface area contributed by atoms with Gasteiger partial charge in [-0.15, -0.1) is 0 Å². The van der Waals surface area contributed by atoms with E-state index in [9.17, 15) is 13.2 Å². The van der Waals surface area contributed by atoms with Crippen LogP contribution in [0.15, 0.2) is 24.3 Å². The zero-order valence-corrected chi connectivity index (χ0v) is 16.1. The standard InChI is InChI=1S/C19H30N2O3S/c1-3-16-10-12-18(13-11-16)21(25(2,23)24)15-14-19(22)20-17-8-6-4-5-7-9-17/h10-13,17H,3-9,14-15H2,1-2H3,(H,20,22). The molecule has 1 amide bonds. The summed E-state index contributed by atoms with van der Waals surface area (Å²) in [7, 11) is -3.42. The topological polar surface area (TPSA) is 66.5 Å². The number of benzene rings is 1. The summed E-state index contributed by atoms with van der Waals surface area (Å²) >= 11 is 0. The van der Waals surface area contributed by atoms with Gasteiger partial charge in [-0.25, -0.2) is 8.42 Å². The van der Waals surface area contributed by atoms with Gasteiger partial charge >= 0.3 is 0 Å². The molecule has 0 aliphatic heterocycles. The molecule has 1 fully saturated rings. The van der Waals surface area contributed by atoms with Crippen LogP contribution in [0.5, 0.6) is 0 Å². The van der Waals surface area contributed by atoms with Crippen LogP contribution in [0.3, 0.4) is 0 Å². The molecule has 0 aromatic heterocycles. The van der Waals surface area contributed by atoms with Gasteiger partial charge in [-0.2, -0.15) is 0 Å². The summed E-state index contributed by atoms with van der Waals surface area (Å²) in [5, 5.41) is 3.07. The average molecular weight is 367 g/mol. The fourth-order valence-electron chi connectivity index (χ4n) is 3.31. The van der Waals surface area contributed by atoms with Crippen molar-refractivity contribution in [1.82, 2.24) is 5.32 Å². The molecule has 6 heteroatoms. The molecule has 0 heterocycles. The molecule has 1 aliphatic rings. The minimum atomic E-state index is -3.42. The van der Waals surface area contributed by atoms with E-state index in [4.69, 9.17) is 0 Å². The first-order valence-electron chi connectivity index (χ1n) is 9.26. The second kappa shape index (κ2) is 9.22. The van der Waals surface area contributed by atoms with Gasteiger partial charge in [-0.3, -0.25) is 9.10 Å². The Bertz CT molecular complexity index is 648. The van der Waals surface area contributed by atoms with Crippen LogP contribution in [0.2, 0.25) is 0 Å². The molecule has 0 spiro atoms. The van der Waals surface area contributed by atoms with Crippen LogP contribution in [0.4, 0.5) is 5.69 Å². The molecule has 2 rings (SSSR count). The van der Waals surface area contributed by atoms with Crippen molar-refractivity contribution in [1.29, 1.82) is 0 Å². The Labute approximate surface area is 151 Å². The van der Waals surface area contributed by atoms with E-state index in [2.05, 4.69) is 12.2 Å². The normalized spacial score (nSPS) is 16.2. The van der Waals surface area contributed by atoms with Crippen LogP contribution < -0.4 is 9.62 Å². The fourth-order valence-corrected chi connectivity index (χ4v) is 4.24. The number of hydrogen-bond acceptors (Lipinski definition) is 3. The smallest absolute Gasteiger partial charge is 0.232 e. The maximum absolute atomic E-state index is 12.3. The third-order valence-electron chi connectivity index (χ3n) is 4.80. The van der Waals surface area contributed by atoms with Gasteiger partial charge in [0.15, 0.2) is 0 Å². The summed E-state index contributed by atoms with van der Waals surface area (Å²) in [5.74, 6) is -0.0641. The molecule has 1 N–H and O–H groups in total. The Morgan fingerprint density at radius 3 is 2.24 bits per heavy atom. The van der Waals surface area contributed by atoms with Gasteiger partial charge in [-0.05, 0) is 37.0 Å². The van der Waals surface area contributed by atoms with Crippen molar-refractivity contribution >= 4 is 21.6 Å². The van der Waals surface area contributed by atoms with Gasteiger partial charge in [0.05, 0.1) is 11.9 Å². The summed E-state index contributed by atoms with van der Waals surface area (Å²) < 4.78 is 25.6. The van der Waals surface area contributed by atoms with Gasteiger partial charge in [-0.1, -0.05) is 44.7 Å². The van der Waals surface area contributed by atoms with Crippen molar-refractivity contribution in [3.63, 3.8) is 0 Å². The number of nitrogens with zero attached hydrogens (tertiary/aromatic N) is 1. The first kappa shape index (κ1) is 19.8. The molecule has 0 bridgehead atoms. The lowest BCUT2D eigenvalue weighted by atomic mass is 10.1. The number of carbonyl (C=O) groups is 1. The zero-order valence-electron chi connectivity index (χ0n) is 15.3. The Balaban J connectivity index is 1.96. The fraction of sp³-hybridized carbons (Fsp3) is 0.632. The highest BCUT2D eigenvalue weighted by Crippen LogP contribution is 2.20. The van der Waals surface area contributed by atoms with Gasteiger partial charge < -0.3 is 5.32 Å². The van der Waals surface area contributed by atoms with Gasteiger partial charge in [0, 0.05) is 19.0 Å². The number of aryl methyl sites for hydroxylation is 1. The molecule has 0 radical (unpaired) electrons. The molecule has 25 heavy (non-hydrogen) atoms. The van der Waals surface area contributed by atoms with Crippen molar-refractivity contribution in [3.8, 4) is 0 Å². The maximum Gasteiger partial charge on any atom is 0.232 e. The lowest BCUT2D eigenvalue weighted by molar-refractivity contribution is -0.121. The first-order valence-corrected chi connectivity index (χ1v) is 11.1. The molecule has 1 aliphatic carbocycles. The van der Waals surface area contributed by atoms with Gasteiger partial charge in [0.1, 0.15) is 0 Å². The molecular formula is C19H30N2O3S. The van der Waals surface area contributed by atoms with E-state index in [1.54, 1.807) is 0 Å². The monoisotopic (exact) mass is 366 g/mol. The number of rotatable bonds is 7. The number of anilines is 1. The van der Waals surface area contributed by atoms with Gasteiger partial charge in [0.25, 0.3) is 0 Å². The number of nitrogens with one attached hydrogen (secondary N) is 1. The number of sulfonamides is 1. The van der Waals surface area contributed by atoms with Crippen molar-refractivity contribution < 1.29 is 13.2 Å². The molecule has 0 saturated heterocycles. The lowest BCUT2D eigenvalue weighted by Gasteiger charge is -2.23. The number of hydrogen-bond donors (Lipinski definition) is 1. The largest absolute Gasteiger partial charge is 0.353 e. The maximum atomic E-state index is 12.3. The highest BCUT2D eigenvalue weighted by molar-refractivity contribution is 7.92. The molecule has 0 unspecified atom stereocenters. The number of amides is 1. The van der Waals surface area contributed by atoms with E-state index in [1.807, 2.05) is 24.3 Å². The first-order chi connectivity index (χ1) is 11.9. The highest BCUT2D eigenvalue weighted by atomic mass is 32.2. The van der Waals surface area contributed by atoms with Crippen molar-refractivity contribution in [2.24, 2.45) is 0 Å². The Morgan fingerprint density at radius 2 is 1.72 bits per heavy atom. The van der Waals surface area contributed by atoms with E-state index < -0.39 is 10.0 Å². The molecule has 1 saturated carbocycles. The van der Waals surface area contributed by atoms with Crippen molar-refractivity contribution in [2.75, 3.05) is 17.1 Å². The minimum Gasteiger partial charge on any atom is -0.353 e. The predicted octanol–water partition coefficient (Wildman–Crippen LogP) is 3.24. The molecular weight excluding hydrogens is 336 g/mol.